The molecule has 0 saturated heterocycles. The van der Waals surface area contributed by atoms with Crippen LogP contribution in [0, 0.1) is 13.8 Å². The van der Waals surface area contributed by atoms with E-state index in [1.165, 1.54) is 11.4 Å². The maximum absolute atomic E-state index is 12.8. The lowest BCUT2D eigenvalue weighted by atomic mass is 10.0. The zero-order chi connectivity index (χ0) is 30.5. The monoisotopic (exact) mass is 647 g/mol. The number of furan rings is 1. The molecule has 0 aliphatic heterocycles. The Balaban J connectivity index is 1.09. The SMILES string of the molecule is Cc1ccc(C)n1-c1ccc(OCc2ccc(C(=O)N/N=C/c3c(OCc4ccc(Br)cc4)ccc4ccccc34)o2)cc1. The number of ether oxygens (including phenoxy) is 2. The molecule has 1 amide bonds. The van der Waals surface area contributed by atoms with Crippen LogP contribution in [-0.4, -0.2) is 16.7 Å². The van der Waals surface area contributed by atoms with Crippen LogP contribution in [0.25, 0.3) is 16.5 Å². The molecule has 220 valence electrons. The average Bonchev–Trinajstić information content (AvgIpc) is 3.66. The third-order valence-corrected chi connectivity index (χ3v) is 7.76. The molecule has 2 heterocycles. The summed E-state index contributed by atoms with van der Waals surface area (Å²) in [6.07, 6.45) is 1.60. The number of hydrogen-bond donors (Lipinski definition) is 1. The summed E-state index contributed by atoms with van der Waals surface area (Å²) in [6.45, 7) is 4.74. The lowest BCUT2D eigenvalue weighted by Crippen LogP contribution is -2.17. The number of amides is 1. The van der Waals surface area contributed by atoms with Crippen molar-refractivity contribution in [3.8, 4) is 17.2 Å². The number of aromatic nitrogens is 1. The molecule has 0 fully saturated rings. The van der Waals surface area contributed by atoms with E-state index in [9.17, 15) is 4.79 Å². The van der Waals surface area contributed by atoms with Crippen LogP contribution in [0.3, 0.4) is 0 Å². The zero-order valence-electron chi connectivity index (χ0n) is 24.3. The summed E-state index contributed by atoms with van der Waals surface area (Å²) in [5.74, 6) is 1.56. The van der Waals surface area contributed by atoms with Gasteiger partial charge < -0.3 is 18.5 Å². The van der Waals surface area contributed by atoms with Crippen molar-refractivity contribution in [2.45, 2.75) is 27.1 Å². The van der Waals surface area contributed by atoms with Crippen molar-refractivity contribution in [2.75, 3.05) is 0 Å². The number of aryl methyl sites for hydroxylation is 2. The molecule has 6 rings (SSSR count). The summed E-state index contributed by atoms with van der Waals surface area (Å²) in [4.78, 5) is 12.8. The van der Waals surface area contributed by atoms with Crippen molar-refractivity contribution in [2.24, 2.45) is 5.10 Å². The lowest BCUT2D eigenvalue weighted by Gasteiger charge is -2.12. The lowest BCUT2D eigenvalue weighted by molar-refractivity contribution is 0.0923. The fourth-order valence-electron chi connectivity index (χ4n) is 4.99. The quantitative estimate of drug-likeness (QED) is 0.119. The van der Waals surface area contributed by atoms with Crippen LogP contribution in [0.2, 0.25) is 0 Å². The second-order valence-electron chi connectivity index (χ2n) is 10.3. The van der Waals surface area contributed by atoms with Crippen molar-refractivity contribution < 1.29 is 18.7 Å². The Morgan fingerprint density at radius 1 is 0.841 bits per heavy atom. The second kappa shape index (κ2) is 13.1. The van der Waals surface area contributed by atoms with Gasteiger partial charge in [0.2, 0.25) is 0 Å². The number of fused-ring (bicyclic) bond motifs is 1. The predicted octanol–water partition coefficient (Wildman–Crippen LogP) is 8.52. The number of carbonyl (C=O) groups excluding carboxylic acids is 1. The molecule has 2 aromatic heterocycles. The van der Waals surface area contributed by atoms with E-state index in [4.69, 9.17) is 13.9 Å². The fraction of sp³-hybridized carbons (Fsp3) is 0.111. The first kappa shape index (κ1) is 29.0. The van der Waals surface area contributed by atoms with Crippen molar-refractivity contribution in [1.29, 1.82) is 0 Å². The van der Waals surface area contributed by atoms with Gasteiger partial charge in [0.25, 0.3) is 0 Å². The predicted molar refractivity (Wildman–Crippen MR) is 176 cm³/mol. The Morgan fingerprint density at radius 3 is 2.36 bits per heavy atom. The van der Waals surface area contributed by atoms with Gasteiger partial charge in [0.05, 0.1) is 6.21 Å². The van der Waals surface area contributed by atoms with Crippen molar-refractivity contribution in [1.82, 2.24) is 9.99 Å². The molecule has 7 nitrogen and oxygen atoms in total. The van der Waals surface area contributed by atoms with Gasteiger partial charge in [-0.05, 0) is 96.9 Å². The standard InChI is InChI=1S/C36H30BrN3O4/c1-24-7-8-25(2)40(24)29-14-16-30(17-15-29)42-23-31-18-20-35(44-31)36(41)39-38-21-33-32-6-4-3-5-27(32)11-19-34(33)43-22-26-9-12-28(37)13-10-26/h3-21H,22-23H2,1-2H3,(H,39,41)/b38-21+. The highest BCUT2D eigenvalue weighted by Gasteiger charge is 2.13. The first-order valence-corrected chi connectivity index (χ1v) is 14.9. The zero-order valence-corrected chi connectivity index (χ0v) is 25.9. The molecule has 0 aliphatic carbocycles. The van der Waals surface area contributed by atoms with Gasteiger partial charge in [-0.25, -0.2) is 5.43 Å². The van der Waals surface area contributed by atoms with Gasteiger partial charge in [-0.2, -0.15) is 5.10 Å². The molecule has 0 radical (unpaired) electrons. The summed E-state index contributed by atoms with van der Waals surface area (Å²) < 4.78 is 21.0. The second-order valence-corrected chi connectivity index (χ2v) is 11.2. The van der Waals surface area contributed by atoms with Gasteiger partial charge in [0.1, 0.15) is 30.5 Å². The van der Waals surface area contributed by atoms with Crippen LogP contribution < -0.4 is 14.9 Å². The molecule has 8 heteroatoms. The molecule has 0 unspecified atom stereocenters. The van der Waals surface area contributed by atoms with E-state index in [2.05, 4.69) is 57.0 Å². The molecule has 0 bridgehead atoms. The van der Waals surface area contributed by atoms with Crippen LogP contribution >= 0.6 is 15.9 Å². The molecule has 0 spiro atoms. The first-order valence-electron chi connectivity index (χ1n) is 14.1. The Hall–Kier alpha value is -5.08. The minimum absolute atomic E-state index is 0.138. The van der Waals surface area contributed by atoms with E-state index in [1.807, 2.05) is 84.9 Å². The highest BCUT2D eigenvalue weighted by atomic mass is 79.9. The number of carbonyl (C=O) groups is 1. The normalized spacial score (nSPS) is 11.2. The minimum Gasteiger partial charge on any atom is -0.488 e. The van der Waals surface area contributed by atoms with Crippen LogP contribution in [0.5, 0.6) is 11.5 Å². The van der Waals surface area contributed by atoms with Crippen molar-refractivity contribution in [3.63, 3.8) is 0 Å². The summed E-state index contributed by atoms with van der Waals surface area (Å²) >= 11 is 3.46. The van der Waals surface area contributed by atoms with Crippen LogP contribution in [-0.2, 0) is 13.2 Å². The van der Waals surface area contributed by atoms with E-state index in [-0.39, 0.29) is 12.4 Å². The van der Waals surface area contributed by atoms with Crippen molar-refractivity contribution >= 4 is 38.8 Å². The topological polar surface area (TPSA) is 78.0 Å². The maximum Gasteiger partial charge on any atom is 0.307 e. The van der Waals surface area contributed by atoms with Gasteiger partial charge in [-0.3, -0.25) is 4.79 Å². The van der Waals surface area contributed by atoms with Crippen LogP contribution in [0.15, 0.2) is 123 Å². The average molecular weight is 649 g/mol. The van der Waals surface area contributed by atoms with Gasteiger partial charge in [-0.1, -0.05) is 58.4 Å². The molecular formula is C36H30BrN3O4. The number of rotatable bonds is 10. The number of hydrazone groups is 1. The van der Waals surface area contributed by atoms with E-state index < -0.39 is 5.91 Å². The summed E-state index contributed by atoms with van der Waals surface area (Å²) in [7, 11) is 0. The maximum atomic E-state index is 12.8. The summed E-state index contributed by atoms with van der Waals surface area (Å²) in [5.41, 5.74) is 7.78. The molecule has 0 aliphatic rings. The number of hydrogen-bond acceptors (Lipinski definition) is 5. The molecule has 1 N–H and O–H groups in total. The Labute approximate surface area is 263 Å². The highest BCUT2D eigenvalue weighted by molar-refractivity contribution is 9.10. The number of benzene rings is 4. The van der Waals surface area contributed by atoms with E-state index >= 15 is 0 Å². The molecule has 6 aromatic rings. The molecule has 0 saturated carbocycles. The van der Waals surface area contributed by atoms with E-state index in [1.54, 1.807) is 18.3 Å². The van der Waals surface area contributed by atoms with Gasteiger partial charge in [0.15, 0.2) is 5.76 Å². The van der Waals surface area contributed by atoms with Gasteiger partial charge >= 0.3 is 5.91 Å². The smallest absolute Gasteiger partial charge is 0.307 e. The third kappa shape index (κ3) is 6.61. The third-order valence-electron chi connectivity index (χ3n) is 7.23. The largest absolute Gasteiger partial charge is 0.488 e. The minimum atomic E-state index is -0.466. The molecule has 44 heavy (non-hydrogen) atoms. The molecule has 4 aromatic carbocycles. The Bertz CT molecular complexity index is 1920. The van der Waals surface area contributed by atoms with Gasteiger partial charge in [0, 0.05) is 27.1 Å². The van der Waals surface area contributed by atoms with Gasteiger partial charge in [-0.15, -0.1) is 0 Å². The number of nitrogens with zero attached hydrogens (tertiary/aromatic N) is 2. The Morgan fingerprint density at radius 2 is 1.59 bits per heavy atom. The summed E-state index contributed by atoms with van der Waals surface area (Å²) in [6, 6.07) is 35.2. The molecule has 0 atom stereocenters. The van der Waals surface area contributed by atoms with Crippen LogP contribution in [0.4, 0.5) is 0 Å². The van der Waals surface area contributed by atoms with E-state index in [0.717, 1.165) is 32.1 Å². The van der Waals surface area contributed by atoms with Crippen molar-refractivity contribution in [3.05, 3.63) is 148 Å². The number of halogens is 1. The van der Waals surface area contributed by atoms with E-state index in [0.29, 0.717) is 23.9 Å². The van der Waals surface area contributed by atoms with Crippen LogP contribution in [0.1, 0.15) is 38.8 Å². The first-order chi connectivity index (χ1) is 21.4. The highest BCUT2D eigenvalue weighted by Crippen LogP contribution is 2.28. The summed E-state index contributed by atoms with van der Waals surface area (Å²) in [5, 5.41) is 6.24. The number of nitrogens with one attached hydrogen (secondary N) is 1. The molecular weight excluding hydrogens is 618 g/mol. The fourth-order valence-corrected chi connectivity index (χ4v) is 5.25. The Kier molecular flexibility index (Phi) is 8.61.